The van der Waals surface area contributed by atoms with E-state index in [9.17, 15) is 0 Å². The van der Waals surface area contributed by atoms with Gasteiger partial charge in [0, 0.05) is 10.9 Å². The molecule has 0 unspecified atom stereocenters. The van der Waals surface area contributed by atoms with Crippen molar-refractivity contribution in [1.29, 1.82) is 0 Å². The molecule has 7 nitrogen and oxygen atoms in total. The molecule has 0 spiro atoms. The smallest absolute Gasteiger partial charge is 0.205 e. The van der Waals surface area contributed by atoms with Gasteiger partial charge >= 0.3 is 0 Å². The number of hydrogen-bond acceptors (Lipinski definition) is 8. The van der Waals surface area contributed by atoms with E-state index in [0.717, 1.165) is 5.56 Å². The van der Waals surface area contributed by atoms with E-state index in [4.69, 9.17) is 19.9 Å². The van der Waals surface area contributed by atoms with Gasteiger partial charge in [0.05, 0.1) is 27.5 Å². The highest BCUT2D eigenvalue weighted by atomic mass is 32.1. The lowest BCUT2D eigenvalue weighted by molar-refractivity contribution is 0.324. The molecule has 0 radical (unpaired) electrons. The second kappa shape index (κ2) is 6.80. The molecule has 0 atom stereocenters. The first-order chi connectivity index (χ1) is 10.2. The number of anilines is 2. The first-order valence-electron chi connectivity index (χ1n) is 5.98. The molecular weight excluding hydrogens is 292 g/mol. The van der Waals surface area contributed by atoms with Crippen LogP contribution in [-0.4, -0.2) is 32.5 Å². The van der Waals surface area contributed by atoms with Crippen molar-refractivity contribution in [2.75, 3.05) is 32.5 Å². The van der Waals surface area contributed by atoms with Crippen LogP contribution in [-0.2, 0) is 0 Å². The van der Waals surface area contributed by atoms with Crippen LogP contribution in [0.5, 0.6) is 17.2 Å². The number of thiazole rings is 1. The minimum absolute atomic E-state index is 0.463. The fourth-order valence-corrected chi connectivity index (χ4v) is 2.22. The molecule has 1 aromatic carbocycles. The minimum Gasteiger partial charge on any atom is -0.493 e. The summed E-state index contributed by atoms with van der Waals surface area (Å²) in [5.41, 5.74) is 9.12. The molecule has 0 bridgehead atoms. The standard InChI is InChI=1S/C13H16N4O3S/c1-18-9-4-8(5-10(19-2)12(9)20-3)6-15-17-13-16-11(14)7-21-13/h4-7H,14H2,1-3H3,(H,16,17). The molecular formula is C13H16N4O3S. The van der Waals surface area contributed by atoms with Gasteiger partial charge in [0.2, 0.25) is 10.9 Å². The van der Waals surface area contributed by atoms with Gasteiger partial charge in [-0.15, -0.1) is 11.3 Å². The summed E-state index contributed by atoms with van der Waals surface area (Å²) < 4.78 is 15.8. The van der Waals surface area contributed by atoms with Crippen LogP contribution in [0.25, 0.3) is 0 Å². The third-order valence-electron chi connectivity index (χ3n) is 2.58. The van der Waals surface area contributed by atoms with E-state index in [1.807, 2.05) is 0 Å². The lowest BCUT2D eigenvalue weighted by Crippen LogP contribution is -1.97. The van der Waals surface area contributed by atoms with Gasteiger partial charge in [-0.25, -0.2) is 4.98 Å². The highest BCUT2D eigenvalue weighted by Gasteiger charge is 2.12. The molecule has 112 valence electrons. The first kappa shape index (κ1) is 14.9. The second-order valence-corrected chi connectivity index (χ2v) is 4.76. The Morgan fingerprint density at radius 2 is 1.86 bits per heavy atom. The lowest BCUT2D eigenvalue weighted by atomic mass is 10.2. The van der Waals surface area contributed by atoms with E-state index in [1.54, 1.807) is 45.1 Å². The molecule has 8 heteroatoms. The predicted molar refractivity (Wildman–Crippen MR) is 83.8 cm³/mol. The number of hydrogen-bond donors (Lipinski definition) is 2. The van der Waals surface area contributed by atoms with Crippen LogP contribution in [0.2, 0.25) is 0 Å². The van der Waals surface area contributed by atoms with Crippen molar-refractivity contribution in [1.82, 2.24) is 4.98 Å². The van der Waals surface area contributed by atoms with Crippen molar-refractivity contribution in [3.8, 4) is 17.2 Å². The number of methoxy groups -OCH3 is 3. The number of aromatic nitrogens is 1. The number of hydrazone groups is 1. The Balaban J connectivity index is 2.19. The van der Waals surface area contributed by atoms with Crippen LogP contribution in [0.4, 0.5) is 10.9 Å². The summed E-state index contributed by atoms with van der Waals surface area (Å²) in [4.78, 5) is 4.04. The van der Waals surface area contributed by atoms with Crippen molar-refractivity contribution >= 4 is 28.5 Å². The quantitative estimate of drug-likeness (QED) is 0.628. The summed E-state index contributed by atoms with van der Waals surface area (Å²) in [5, 5.41) is 6.45. The molecule has 21 heavy (non-hydrogen) atoms. The largest absolute Gasteiger partial charge is 0.493 e. The Hall–Kier alpha value is -2.48. The van der Waals surface area contributed by atoms with Gasteiger partial charge in [-0.1, -0.05) is 0 Å². The normalized spacial score (nSPS) is 10.6. The Bertz CT molecular complexity index is 617. The van der Waals surface area contributed by atoms with E-state index >= 15 is 0 Å². The number of nitrogen functional groups attached to an aromatic ring is 1. The molecule has 0 saturated carbocycles. The Labute approximate surface area is 126 Å². The average molecular weight is 308 g/mol. The summed E-state index contributed by atoms with van der Waals surface area (Å²) in [5.74, 6) is 2.14. The highest BCUT2D eigenvalue weighted by Crippen LogP contribution is 2.37. The molecule has 1 aromatic heterocycles. The maximum atomic E-state index is 5.53. The van der Waals surface area contributed by atoms with E-state index in [2.05, 4.69) is 15.5 Å². The molecule has 0 aliphatic rings. The second-order valence-electron chi connectivity index (χ2n) is 3.91. The maximum Gasteiger partial charge on any atom is 0.205 e. The van der Waals surface area contributed by atoms with Gasteiger partial charge < -0.3 is 19.9 Å². The Kier molecular flexibility index (Phi) is 4.83. The number of rotatable bonds is 6. The van der Waals surface area contributed by atoms with Gasteiger partial charge in [-0.05, 0) is 12.1 Å². The monoisotopic (exact) mass is 308 g/mol. The van der Waals surface area contributed by atoms with Gasteiger partial charge in [0.15, 0.2) is 11.5 Å². The van der Waals surface area contributed by atoms with Gasteiger partial charge in [-0.2, -0.15) is 5.10 Å². The van der Waals surface area contributed by atoms with E-state index < -0.39 is 0 Å². The van der Waals surface area contributed by atoms with Crippen LogP contribution in [0.3, 0.4) is 0 Å². The molecule has 0 aliphatic heterocycles. The molecule has 2 rings (SSSR count). The zero-order valence-electron chi connectivity index (χ0n) is 11.9. The first-order valence-corrected chi connectivity index (χ1v) is 6.86. The van der Waals surface area contributed by atoms with Gasteiger partial charge in [0.25, 0.3) is 0 Å². The van der Waals surface area contributed by atoms with Crippen molar-refractivity contribution in [2.24, 2.45) is 5.10 Å². The summed E-state index contributed by atoms with van der Waals surface area (Å²) in [6.07, 6.45) is 1.63. The zero-order chi connectivity index (χ0) is 15.2. The zero-order valence-corrected chi connectivity index (χ0v) is 12.7. The third-order valence-corrected chi connectivity index (χ3v) is 3.35. The topological polar surface area (TPSA) is 91.0 Å². The molecule has 2 aromatic rings. The number of nitrogens with one attached hydrogen (secondary N) is 1. The van der Waals surface area contributed by atoms with Crippen molar-refractivity contribution in [2.45, 2.75) is 0 Å². The van der Waals surface area contributed by atoms with Gasteiger partial charge in [-0.3, -0.25) is 5.43 Å². The molecule has 0 fully saturated rings. The molecule has 0 amide bonds. The molecule has 0 saturated heterocycles. The third kappa shape index (κ3) is 3.54. The van der Waals surface area contributed by atoms with E-state index in [0.29, 0.717) is 28.2 Å². The summed E-state index contributed by atoms with van der Waals surface area (Å²) in [6, 6.07) is 3.59. The van der Waals surface area contributed by atoms with Crippen LogP contribution in [0.1, 0.15) is 5.56 Å². The number of nitrogens with zero attached hydrogens (tertiary/aromatic N) is 2. The Morgan fingerprint density at radius 3 is 2.33 bits per heavy atom. The Morgan fingerprint density at radius 1 is 1.19 bits per heavy atom. The number of nitrogens with two attached hydrogens (primary N) is 1. The molecule has 1 heterocycles. The number of ether oxygens (including phenoxy) is 3. The van der Waals surface area contributed by atoms with Crippen LogP contribution >= 0.6 is 11.3 Å². The summed E-state index contributed by atoms with van der Waals surface area (Å²) >= 11 is 1.38. The fraction of sp³-hybridized carbons (Fsp3) is 0.231. The molecule has 3 N–H and O–H groups in total. The summed E-state index contributed by atoms with van der Waals surface area (Å²) in [6.45, 7) is 0. The van der Waals surface area contributed by atoms with Crippen molar-refractivity contribution < 1.29 is 14.2 Å². The van der Waals surface area contributed by atoms with E-state index in [1.165, 1.54) is 11.3 Å². The predicted octanol–water partition coefficient (Wildman–Crippen LogP) is 2.20. The maximum absolute atomic E-state index is 5.53. The average Bonchev–Trinajstić information content (AvgIpc) is 2.91. The SMILES string of the molecule is COc1cc(C=NNc2nc(N)cs2)cc(OC)c1OC. The van der Waals surface area contributed by atoms with Crippen molar-refractivity contribution in [3.05, 3.63) is 23.1 Å². The van der Waals surface area contributed by atoms with Gasteiger partial charge in [0.1, 0.15) is 5.82 Å². The summed E-state index contributed by atoms with van der Waals surface area (Å²) in [7, 11) is 4.69. The van der Waals surface area contributed by atoms with Crippen LogP contribution in [0.15, 0.2) is 22.6 Å². The molecule has 0 aliphatic carbocycles. The highest BCUT2D eigenvalue weighted by molar-refractivity contribution is 7.14. The van der Waals surface area contributed by atoms with Crippen LogP contribution in [0, 0.1) is 0 Å². The van der Waals surface area contributed by atoms with Crippen molar-refractivity contribution in [3.63, 3.8) is 0 Å². The lowest BCUT2D eigenvalue weighted by Gasteiger charge is -2.12. The van der Waals surface area contributed by atoms with E-state index in [-0.39, 0.29) is 0 Å². The fourth-order valence-electron chi connectivity index (χ4n) is 1.68. The minimum atomic E-state index is 0.463. The number of benzene rings is 1. The van der Waals surface area contributed by atoms with Crippen LogP contribution < -0.4 is 25.4 Å².